The highest BCUT2D eigenvalue weighted by atomic mass is 79.9. The Balaban J connectivity index is 2.10. The zero-order valence-corrected chi connectivity index (χ0v) is 11.3. The molecule has 0 aliphatic heterocycles. The standard InChI is InChI=1S/C10H13BrN2O2S/c1-7-4-10(12-5-9(7)11)13-16(14,15)6-8-2-3-8/h4-5,8H,2-3,6H2,1H3,(H,12,13). The molecule has 0 atom stereocenters. The summed E-state index contributed by atoms with van der Waals surface area (Å²) >= 11 is 3.32. The summed E-state index contributed by atoms with van der Waals surface area (Å²) in [7, 11) is -3.23. The lowest BCUT2D eigenvalue weighted by molar-refractivity contribution is 0.597. The maximum absolute atomic E-state index is 11.7. The van der Waals surface area contributed by atoms with Crippen molar-refractivity contribution in [3.05, 3.63) is 22.3 Å². The van der Waals surface area contributed by atoms with Gasteiger partial charge >= 0.3 is 0 Å². The Morgan fingerprint density at radius 1 is 1.56 bits per heavy atom. The quantitative estimate of drug-likeness (QED) is 0.928. The van der Waals surface area contributed by atoms with Crippen LogP contribution >= 0.6 is 15.9 Å². The molecule has 0 spiro atoms. The molecule has 1 heterocycles. The third-order valence-corrected chi connectivity index (χ3v) is 4.72. The molecule has 0 saturated heterocycles. The Bertz CT molecular complexity index is 498. The van der Waals surface area contributed by atoms with E-state index in [9.17, 15) is 8.42 Å². The van der Waals surface area contributed by atoms with Crippen molar-refractivity contribution in [1.82, 2.24) is 4.98 Å². The number of hydrogen-bond acceptors (Lipinski definition) is 3. The number of hydrogen-bond donors (Lipinski definition) is 1. The van der Waals surface area contributed by atoms with Gasteiger partial charge in [-0.3, -0.25) is 4.72 Å². The number of rotatable bonds is 4. The van der Waals surface area contributed by atoms with Crippen molar-refractivity contribution >= 4 is 31.8 Å². The van der Waals surface area contributed by atoms with Crippen LogP contribution in [-0.2, 0) is 10.0 Å². The summed E-state index contributed by atoms with van der Waals surface area (Å²) < 4.78 is 26.7. The SMILES string of the molecule is Cc1cc(NS(=O)(=O)CC2CC2)ncc1Br. The van der Waals surface area contributed by atoms with Crippen LogP contribution in [-0.4, -0.2) is 19.2 Å². The monoisotopic (exact) mass is 304 g/mol. The molecule has 1 N–H and O–H groups in total. The molecule has 4 nitrogen and oxygen atoms in total. The van der Waals surface area contributed by atoms with Gasteiger partial charge in [-0.25, -0.2) is 13.4 Å². The van der Waals surface area contributed by atoms with E-state index < -0.39 is 10.0 Å². The van der Waals surface area contributed by atoms with E-state index in [1.54, 1.807) is 12.3 Å². The Morgan fingerprint density at radius 3 is 2.81 bits per heavy atom. The van der Waals surface area contributed by atoms with Gasteiger partial charge in [-0.2, -0.15) is 0 Å². The lowest BCUT2D eigenvalue weighted by atomic mass is 10.3. The average Bonchev–Trinajstić information content (AvgIpc) is 2.94. The first kappa shape index (κ1) is 11.9. The molecule has 1 saturated carbocycles. The summed E-state index contributed by atoms with van der Waals surface area (Å²) in [6, 6.07) is 1.72. The van der Waals surface area contributed by atoms with Gasteiger partial charge in [0.15, 0.2) is 0 Å². The van der Waals surface area contributed by atoms with Gasteiger partial charge in [0.2, 0.25) is 10.0 Å². The van der Waals surface area contributed by atoms with E-state index in [1.807, 2.05) is 6.92 Å². The van der Waals surface area contributed by atoms with Gasteiger partial charge in [0, 0.05) is 10.7 Å². The molecule has 0 amide bonds. The Kier molecular flexibility index (Phi) is 3.21. The zero-order valence-electron chi connectivity index (χ0n) is 8.90. The lowest BCUT2D eigenvalue weighted by Gasteiger charge is -2.07. The number of nitrogens with one attached hydrogen (secondary N) is 1. The van der Waals surface area contributed by atoms with Crippen LogP contribution in [0.1, 0.15) is 18.4 Å². The summed E-state index contributed by atoms with van der Waals surface area (Å²) in [6.45, 7) is 1.89. The van der Waals surface area contributed by atoms with Gasteiger partial charge in [0.05, 0.1) is 5.75 Å². The number of sulfonamides is 1. The van der Waals surface area contributed by atoms with Crippen molar-refractivity contribution in [1.29, 1.82) is 0 Å². The highest BCUT2D eigenvalue weighted by molar-refractivity contribution is 9.10. The van der Waals surface area contributed by atoms with Crippen LogP contribution in [0.5, 0.6) is 0 Å². The summed E-state index contributed by atoms with van der Waals surface area (Å²) in [4.78, 5) is 4.01. The molecule has 88 valence electrons. The maximum atomic E-state index is 11.7. The minimum Gasteiger partial charge on any atom is -0.267 e. The van der Waals surface area contributed by atoms with E-state index in [4.69, 9.17) is 0 Å². The fraction of sp³-hybridized carbons (Fsp3) is 0.500. The number of pyridine rings is 1. The molecule has 16 heavy (non-hydrogen) atoms. The minimum atomic E-state index is -3.23. The van der Waals surface area contributed by atoms with E-state index in [0.29, 0.717) is 11.7 Å². The molecule has 1 aliphatic rings. The molecule has 0 radical (unpaired) electrons. The average molecular weight is 305 g/mol. The van der Waals surface area contributed by atoms with E-state index in [1.165, 1.54) is 0 Å². The lowest BCUT2D eigenvalue weighted by Crippen LogP contribution is -2.18. The van der Waals surface area contributed by atoms with Crippen LogP contribution in [0.4, 0.5) is 5.82 Å². The van der Waals surface area contributed by atoms with Crippen LogP contribution < -0.4 is 4.72 Å². The van der Waals surface area contributed by atoms with Crippen molar-refractivity contribution < 1.29 is 8.42 Å². The number of nitrogens with zero attached hydrogens (tertiary/aromatic N) is 1. The summed E-state index contributed by atoms with van der Waals surface area (Å²) in [5, 5.41) is 0. The van der Waals surface area contributed by atoms with Gasteiger partial charge in [-0.1, -0.05) is 0 Å². The van der Waals surface area contributed by atoms with Crippen LogP contribution in [0.15, 0.2) is 16.7 Å². The van der Waals surface area contributed by atoms with Crippen LogP contribution in [0.2, 0.25) is 0 Å². The number of anilines is 1. The van der Waals surface area contributed by atoms with Crippen molar-refractivity contribution in [3.63, 3.8) is 0 Å². The van der Waals surface area contributed by atoms with E-state index in [-0.39, 0.29) is 5.75 Å². The molecular formula is C10H13BrN2O2S. The maximum Gasteiger partial charge on any atom is 0.234 e. The number of aryl methyl sites for hydroxylation is 1. The molecule has 0 aromatic carbocycles. The molecule has 1 fully saturated rings. The van der Waals surface area contributed by atoms with Crippen molar-refractivity contribution in [2.75, 3.05) is 10.5 Å². The van der Waals surface area contributed by atoms with Gasteiger partial charge in [0.1, 0.15) is 5.82 Å². The second-order valence-corrected chi connectivity index (χ2v) is 6.77. The fourth-order valence-electron chi connectivity index (χ4n) is 1.39. The van der Waals surface area contributed by atoms with Crippen molar-refractivity contribution in [3.8, 4) is 0 Å². The summed E-state index contributed by atoms with van der Waals surface area (Å²) in [5.41, 5.74) is 0.958. The molecule has 1 aliphatic carbocycles. The smallest absolute Gasteiger partial charge is 0.234 e. The van der Waals surface area contributed by atoms with Crippen molar-refractivity contribution in [2.24, 2.45) is 5.92 Å². The molecule has 0 unspecified atom stereocenters. The third kappa shape index (κ3) is 3.18. The number of aromatic nitrogens is 1. The van der Waals surface area contributed by atoms with Crippen LogP contribution in [0, 0.1) is 12.8 Å². The van der Waals surface area contributed by atoms with Gasteiger partial charge in [0.25, 0.3) is 0 Å². The normalized spacial score (nSPS) is 16.1. The van der Waals surface area contributed by atoms with Gasteiger partial charge in [-0.15, -0.1) is 0 Å². The van der Waals surface area contributed by atoms with E-state index >= 15 is 0 Å². The topological polar surface area (TPSA) is 59.1 Å². The zero-order chi connectivity index (χ0) is 11.8. The summed E-state index contributed by atoms with van der Waals surface area (Å²) in [6.07, 6.45) is 3.64. The highest BCUT2D eigenvalue weighted by Crippen LogP contribution is 2.30. The van der Waals surface area contributed by atoms with Gasteiger partial charge < -0.3 is 0 Å². The Morgan fingerprint density at radius 2 is 2.25 bits per heavy atom. The predicted octanol–water partition coefficient (Wildman–Crippen LogP) is 2.30. The number of halogens is 1. The van der Waals surface area contributed by atoms with Gasteiger partial charge in [-0.05, 0) is 53.2 Å². The predicted molar refractivity (Wildman–Crippen MR) is 66.8 cm³/mol. The van der Waals surface area contributed by atoms with Crippen molar-refractivity contribution in [2.45, 2.75) is 19.8 Å². The Hall–Kier alpha value is -0.620. The van der Waals surface area contributed by atoms with E-state index in [0.717, 1.165) is 22.9 Å². The largest absolute Gasteiger partial charge is 0.267 e. The second kappa shape index (κ2) is 4.33. The summed E-state index contributed by atoms with van der Waals surface area (Å²) in [5.74, 6) is 0.944. The first-order chi connectivity index (χ1) is 7.46. The first-order valence-corrected chi connectivity index (χ1v) is 7.53. The molecule has 1 aromatic rings. The van der Waals surface area contributed by atoms with Crippen LogP contribution in [0.3, 0.4) is 0 Å². The molecule has 6 heteroatoms. The second-order valence-electron chi connectivity index (χ2n) is 4.15. The van der Waals surface area contributed by atoms with Crippen LogP contribution in [0.25, 0.3) is 0 Å². The first-order valence-electron chi connectivity index (χ1n) is 5.09. The molecule has 1 aromatic heterocycles. The highest BCUT2D eigenvalue weighted by Gasteiger charge is 2.28. The third-order valence-electron chi connectivity index (χ3n) is 2.46. The Labute approximate surface area is 104 Å². The molecular weight excluding hydrogens is 292 g/mol. The molecule has 0 bridgehead atoms. The van der Waals surface area contributed by atoms with E-state index in [2.05, 4.69) is 25.6 Å². The molecule has 2 rings (SSSR count). The minimum absolute atomic E-state index is 0.212. The fourth-order valence-corrected chi connectivity index (χ4v) is 3.08.